The summed E-state index contributed by atoms with van der Waals surface area (Å²) >= 11 is 0. The number of carbonyl (C=O) groups excluding carboxylic acids is 2. The molecule has 1 N–H and O–H groups in total. The summed E-state index contributed by atoms with van der Waals surface area (Å²) in [5.74, 6) is 0.827. The summed E-state index contributed by atoms with van der Waals surface area (Å²) in [6.45, 7) is 9.55. The third-order valence-corrected chi connectivity index (χ3v) is 4.21. The Morgan fingerprint density at radius 1 is 1.19 bits per heavy atom. The highest BCUT2D eigenvalue weighted by Crippen LogP contribution is 2.25. The molecule has 0 bridgehead atoms. The van der Waals surface area contributed by atoms with Gasteiger partial charge < -0.3 is 15.0 Å². The predicted octanol–water partition coefficient (Wildman–Crippen LogP) is 1.56. The van der Waals surface area contributed by atoms with Crippen molar-refractivity contribution in [3.8, 4) is 0 Å². The quantitative estimate of drug-likeness (QED) is 0.837. The molecule has 5 nitrogen and oxygen atoms in total. The van der Waals surface area contributed by atoms with Gasteiger partial charge in [0.1, 0.15) is 12.1 Å². The zero-order chi connectivity index (χ0) is 15.6. The van der Waals surface area contributed by atoms with E-state index in [1.807, 2.05) is 4.90 Å². The zero-order valence-corrected chi connectivity index (χ0v) is 13.6. The van der Waals surface area contributed by atoms with E-state index in [0.29, 0.717) is 37.9 Å². The molecule has 0 aliphatic carbocycles. The maximum absolute atomic E-state index is 12.8. The lowest BCUT2D eigenvalue weighted by molar-refractivity contribution is -0.153. The molecule has 0 radical (unpaired) electrons. The molecule has 5 heteroatoms. The van der Waals surface area contributed by atoms with Crippen molar-refractivity contribution in [3.63, 3.8) is 0 Å². The van der Waals surface area contributed by atoms with Gasteiger partial charge in [-0.25, -0.2) is 0 Å². The first-order valence-corrected chi connectivity index (χ1v) is 8.10. The summed E-state index contributed by atoms with van der Waals surface area (Å²) in [5.41, 5.74) is 0. The van der Waals surface area contributed by atoms with E-state index >= 15 is 0 Å². The van der Waals surface area contributed by atoms with Crippen LogP contribution in [-0.4, -0.2) is 48.1 Å². The number of rotatable bonds is 5. The Bertz CT molecular complexity index is 389. The molecular formula is C16H28N2O3. The van der Waals surface area contributed by atoms with Crippen LogP contribution < -0.4 is 5.32 Å². The maximum Gasteiger partial charge on any atom is 0.246 e. The standard InChI is InChI=1S/C16H28N2O3/c1-10(2)7-13-16(20)18(12-5-6-21-9-12)14(8-11(3)4)15(19)17-13/h10-14H,5-9H2,1-4H3,(H,17,19). The average molecular weight is 296 g/mol. The molecule has 2 rings (SSSR count). The molecule has 0 saturated carbocycles. The summed E-state index contributed by atoms with van der Waals surface area (Å²) in [6, 6.07) is -0.656. The van der Waals surface area contributed by atoms with Crippen LogP contribution in [-0.2, 0) is 14.3 Å². The highest BCUT2D eigenvalue weighted by molar-refractivity contribution is 5.97. The third-order valence-electron chi connectivity index (χ3n) is 4.21. The molecule has 0 aromatic rings. The van der Waals surface area contributed by atoms with Gasteiger partial charge >= 0.3 is 0 Å². The fraction of sp³-hybridized carbons (Fsp3) is 0.875. The summed E-state index contributed by atoms with van der Waals surface area (Å²) in [5, 5.41) is 2.94. The SMILES string of the molecule is CC(C)CC1NC(=O)C(CC(C)C)N(C2CCOC2)C1=O. The fourth-order valence-electron chi connectivity index (χ4n) is 3.26. The highest BCUT2D eigenvalue weighted by Gasteiger charge is 2.44. The number of hydrogen-bond acceptors (Lipinski definition) is 3. The van der Waals surface area contributed by atoms with Crippen LogP contribution in [0.2, 0.25) is 0 Å². The predicted molar refractivity (Wildman–Crippen MR) is 80.7 cm³/mol. The number of ether oxygens (including phenoxy) is 1. The summed E-state index contributed by atoms with van der Waals surface area (Å²) < 4.78 is 5.44. The van der Waals surface area contributed by atoms with Gasteiger partial charge in [-0.05, 0) is 31.1 Å². The van der Waals surface area contributed by atoms with Gasteiger partial charge in [0.2, 0.25) is 11.8 Å². The Morgan fingerprint density at radius 2 is 1.86 bits per heavy atom. The van der Waals surface area contributed by atoms with E-state index in [9.17, 15) is 9.59 Å². The molecule has 2 saturated heterocycles. The van der Waals surface area contributed by atoms with Gasteiger partial charge in [-0.3, -0.25) is 9.59 Å². The average Bonchev–Trinajstić information content (AvgIpc) is 2.88. The number of piperazine rings is 1. The van der Waals surface area contributed by atoms with Crippen molar-refractivity contribution in [2.75, 3.05) is 13.2 Å². The van der Waals surface area contributed by atoms with Gasteiger partial charge in [0.25, 0.3) is 0 Å². The summed E-state index contributed by atoms with van der Waals surface area (Å²) in [4.78, 5) is 27.2. The van der Waals surface area contributed by atoms with Crippen LogP contribution >= 0.6 is 0 Å². The van der Waals surface area contributed by atoms with Crippen LogP contribution in [0.15, 0.2) is 0 Å². The molecular weight excluding hydrogens is 268 g/mol. The van der Waals surface area contributed by atoms with Gasteiger partial charge in [-0.2, -0.15) is 0 Å². The Kier molecular flexibility index (Phi) is 5.25. The van der Waals surface area contributed by atoms with Crippen molar-refractivity contribution in [2.24, 2.45) is 11.8 Å². The third kappa shape index (κ3) is 3.76. The van der Waals surface area contributed by atoms with Crippen molar-refractivity contribution in [3.05, 3.63) is 0 Å². The molecule has 2 fully saturated rings. The molecule has 0 spiro atoms. The molecule has 2 aliphatic heterocycles. The van der Waals surface area contributed by atoms with Crippen LogP contribution in [0.25, 0.3) is 0 Å². The first-order valence-electron chi connectivity index (χ1n) is 8.10. The Labute approximate surface area is 127 Å². The van der Waals surface area contributed by atoms with E-state index in [1.165, 1.54) is 0 Å². The second-order valence-electron chi connectivity index (χ2n) is 7.10. The smallest absolute Gasteiger partial charge is 0.246 e. The van der Waals surface area contributed by atoms with Crippen molar-refractivity contribution >= 4 is 11.8 Å². The first-order chi connectivity index (χ1) is 9.90. The molecule has 0 aromatic heterocycles. The van der Waals surface area contributed by atoms with Crippen molar-refractivity contribution in [1.29, 1.82) is 0 Å². The maximum atomic E-state index is 12.8. The van der Waals surface area contributed by atoms with Gasteiger partial charge in [-0.15, -0.1) is 0 Å². The summed E-state index contributed by atoms with van der Waals surface area (Å²) in [6.07, 6.45) is 2.24. The van der Waals surface area contributed by atoms with Gasteiger partial charge in [0, 0.05) is 6.61 Å². The minimum absolute atomic E-state index is 0.000787. The van der Waals surface area contributed by atoms with Crippen molar-refractivity contribution < 1.29 is 14.3 Å². The lowest BCUT2D eigenvalue weighted by Crippen LogP contribution is -2.66. The second kappa shape index (κ2) is 6.77. The molecule has 2 heterocycles. The highest BCUT2D eigenvalue weighted by atomic mass is 16.5. The molecule has 2 amide bonds. The zero-order valence-electron chi connectivity index (χ0n) is 13.6. The van der Waals surface area contributed by atoms with Crippen LogP contribution in [0.5, 0.6) is 0 Å². The molecule has 3 atom stereocenters. The molecule has 21 heavy (non-hydrogen) atoms. The number of carbonyl (C=O) groups is 2. The van der Waals surface area contributed by atoms with E-state index in [-0.39, 0.29) is 29.9 Å². The van der Waals surface area contributed by atoms with Crippen LogP contribution in [0, 0.1) is 11.8 Å². The van der Waals surface area contributed by atoms with E-state index in [1.54, 1.807) is 0 Å². The van der Waals surface area contributed by atoms with Gasteiger partial charge in [0.15, 0.2) is 0 Å². The number of hydrogen-bond donors (Lipinski definition) is 1. The summed E-state index contributed by atoms with van der Waals surface area (Å²) in [7, 11) is 0. The van der Waals surface area contributed by atoms with E-state index in [2.05, 4.69) is 33.0 Å². The Balaban J connectivity index is 2.20. The molecule has 0 aromatic carbocycles. The lowest BCUT2D eigenvalue weighted by atomic mass is 9.93. The van der Waals surface area contributed by atoms with Gasteiger partial charge in [0.05, 0.1) is 12.6 Å². The van der Waals surface area contributed by atoms with Crippen molar-refractivity contribution in [1.82, 2.24) is 10.2 Å². The number of nitrogens with zero attached hydrogens (tertiary/aromatic N) is 1. The topological polar surface area (TPSA) is 58.6 Å². The monoisotopic (exact) mass is 296 g/mol. The van der Waals surface area contributed by atoms with Crippen molar-refractivity contribution in [2.45, 2.75) is 65.1 Å². The minimum Gasteiger partial charge on any atom is -0.379 e. The Hall–Kier alpha value is -1.10. The van der Waals surface area contributed by atoms with E-state index in [4.69, 9.17) is 4.74 Å². The molecule has 2 aliphatic rings. The van der Waals surface area contributed by atoms with Gasteiger partial charge in [-0.1, -0.05) is 27.7 Å². The molecule has 120 valence electrons. The van der Waals surface area contributed by atoms with E-state index in [0.717, 1.165) is 6.42 Å². The largest absolute Gasteiger partial charge is 0.379 e. The first kappa shape index (κ1) is 16.3. The second-order valence-corrected chi connectivity index (χ2v) is 7.10. The van der Waals surface area contributed by atoms with Crippen LogP contribution in [0.3, 0.4) is 0 Å². The number of amides is 2. The van der Waals surface area contributed by atoms with Crippen LogP contribution in [0.4, 0.5) is 0 Å². The fourth-order valence-corrected chi connectivity index (χ4v) is 3.26. The lowest BCUT2D eigenvalue weighted by Gasteiger charge is -2.43. The van der Waals surface area contributed by atoms with E-state index < -0.39 is 0 Å². The normalized spacial score (nSPS) is 30.4. The minimum atomic E-state index is -0.374. The molecule has 3 unspecified atom stereocenters. The van der Waals surface area contributed by atoms with Crippen LogP contribution in [0.1, 0.15) is 47.0 Å². The number of nitrogens with one attached hydrogen (secondary N) is 1. The Morgan fingerprint density at radius 3 is 2.38 bits per heavy atom.